The lowest BCUT2D eigenvalue weighted by molar-refractivity contribution is -0.118. The maximum absolute atomic E-state index is 14.4. The Labute approximate surface area is 154 Å². The van der Waals surface area contributed by atoms with Gasteiger partial charge in [0.2, 0.25) is 5.78 Å². The maximum Gasteiger partial charge on any atom is 0.407 e. The average molecular weight is 368 g/mol. The van der Waals surface area contributed by atoms with Crippen LogP contribution in [0.5, 0.6) is 0 Å². The van der Waals surface area contributed by atoms with Crippen molar-refractivity contribution in [1.29, 1.82) is 0 Å². The van der Waals surface area contributed by atoms with Crippen LogP contribution in [-0.4, -0.2) is 55.7 Å². The van der Waals surface area contributed by atoms with E-state index < -0.39 is 23.7 Å². The van der Waals surface area contributed by atoms with E-state index in [1.807, 2.05) is 0 Å². The number of hydrogen-bond acceptors (Lipinski definition) is 5. The van der Waals surface area contributed by atoms with Crippen LogP contribution in [0.1, 0.15) is 45.4 Å². The Morgan fingerprint density at radius 2 is 1.96 bits per heavy atom. The van der Waals surface area contributed by atoms with Crippen molar-refractivity contribution >= 4 is 11.9 Å². The third-order valence-electron chi connectivity index (χ3n) is 4.53. The van der Waals surface area contributed by atoms with Crippen molar-refractivity contribution in [3.05, 3.63) is 23.7 Å². The highest BCUT2D eigenvalue weighted by Gasteiger charge is 2.30. The summed E-state index contributed by atoms with van der Waals surface area (Å²) >= 11 is 0. The molecule has 2 aliphatic rings. The van der Waals surface area contributed by atoms with Crippen molar-refractivity contribution in [2.75, 3.05) is 32.9 Å². The quantitative estimate of drug-likeness (QED) is 0.634. The number of allylic oxidation sites excluding steroid dienone is 1. The molecular formula is C19H29FN2O4. The molecule has 0 saturated carbocycles. The Morgan fingerprint density at radius 3 is 2.69 bits per heavy atom. The summed E-state index contributed by atoms with van der Waals surface area (Å²) in [4.78, 5) is 25.8. The third-order valence-corrected chi connectivity index (χ3v) is 4.53. The Morgan fingerprint density at radius 1 is 1.27 bits per heavy atom. The molecule has 0 spiro atoms. The molecule has 7 heteroatoms. The molecule has 0 bridgehead atoms. The van der Waals surface area contributed by atoms with Crippen LogP contribution in [0, 0.1) is 0 Å². The number of carbonyl (C=O) groups excluding carboxylic acids is 2. The SMILES string of the molecule is CCCCCCCCOC(=O)NC1C=CC(N2CCOCC2)=C(F)C1=O. The standard InChI is InChI=1S/C19H29FN2O4/c1-2-3-4-5-6-7-12-26-19(24)21-15-8-9-16(17(20)18(15)23)22-10-13-25-14-11-22/h8-9,15H,2-7,10-14H2,1H3,(H,21,24). The summed E-state index contributed by atoms with van der Waals surface area (Å²) in [7, 11) is 0. The van der Waals surface area contributed by atoms with Crippen LogP contribution in [-0.2, 0) is 14.3 Å². The maximum atomic E-state index is 14.4. The average Bonchev–Trinajstić information content (AvgIpc) is 2.65. The van der Waals surface area contributed by atoms with E-state index >= 15 is 0 Å². The molecule has 1 unspecified atom stereocenters. The molecule has 2 rings (SSSR count). The zero-order valence-electron chi connectivity index (χ0n) is 15.5. The van der Waals surface area contributed by atoms with Crippen LogP contribution in [0.3, 0.4) is 0 Å². The molecule has 0 aromatic heterocycles. The van der Waals surface area contributed by atoms with Gasteiger partial charge in [-0.25, -0.2) is 9.18 Å². The predicted molar refractivity (Wildman–Crippen MR) is 96.3 cm³/mol. The molecule has 1 amide bonds. The summed E-state index contributed by atoms with van der Waals surface area (Å²) in [5, 5.41) is 2.42. The van der Waals surface area contributed by atoms with Gasteiger partial charge in [-0.2, -0.15) is 0 Å². The fourth-order valence-electron chi connectivity index (χ4n) is 2.99. The number of Topliss-reactive ketones (excluding diaryl/α,β-unsaturated/α-hetero) is 1. The number of ketones is 1. The van der Waals surface area contributed by atoms with E-state index in [-0.39, 0.29) is 5.70 Å². The molecule has 1 aliphatic carbocycles. The van der Waals surface area contributed by atoms with Gasteiger partial charge in [-0.1, -0.05) is 45.1 Å². The summed E-state index contributed by atoms with van der Waals surface area (Å²) in [6.45, 7) is 4.56. The zero-order valence-corrected chi connectivity index (χ0v) is 15.5. The summed E-state index contributed by atoms with van der Waals surface area (Å²) < 4.78 is 24.7. The highest BCUT2D eigenvalue weighted by molar-refractivity contribution is 6.02. The number of alkyl carbamates (subject to hydrolysis) is 1. The summed E-state index contributed by atoms with van der Waals surface area (Å²) in [6.07, 6.45) is 8.90. The van der Waals surface area contributed by atoms with Crippen molar-refractivity contribution in [1.82, 2.24) is 10.2 Å². The van der Waals surface area contributed by atoms with Gasteiger partial charge in [-0.3, -0.25) is 4.79 Å². The molecule has 0 aromatic carbocycles. The molecule has 0 aromatic rings. The molecule has 146 valence electrons. The Balaban J connectivity index is 1.72. The number of nitrogens with zero attached hydrogens (tertiary/aromatic N) is 1. The number of morpholine rings is 1. The molecule has 0 radical (unpaired) electrons. The van der Waals surface area contributed by atoms with Gasteiger partial charge in [-0.05, 0) is 12.5 Å². The smallest absolute Gasteiger partial charge is 0.407 e. The van der Waals surface area contributed by atoms with E-state index in [4.69, 9.17) is 9.47 Å². The van der Waals surface area contributed by atoms with Crippen LogP contribution >= 0.6 is 0 Å². The minimum atomic E-state index is -1.02. The first-order chi connectivity index (χ1) is 12.6. The summed E-state index contributed by atoms with van der Waals surface area (Å²) in [5.41, 5.74) is 0.261. The lowest BCUT2D eigenvalue weighted by atomic mass is 10.0. The van der Waals surface area contributed by atoms with Crippen molar-refractivity contribution in [3.63, 3.8) is 0 Å². The van der Waals surface area contributed by atoms with E-state index in [0.29, 0.717) is 32.9 Å². The van der Waals surface area contributed by atoms with Crippen LogP contribution in [0.4, 0.5) is 9.18 Å². The normalized spacial score (nSPS) is 20.5. The van der Waals surface area contributed by atoms with E-state index in [1.165, 1.54) is 25.3 Å². The van der Waals surface area contributed by atoms with Crippen molar-refractivity contribution in [2.45, 2.75) is 51.5 Å². The topological polar surface area (TPSA) is 67.9 Å². The van der Waals surface area contributed by atoms with Crippen LogP contribution < -0.4 is 5.32 Å². The molecule has 1 saturated heterocycles. The molecule has 1 N–H and O–H groups in total. The number of carbonyl (C=O) groups is 2. The lowest BCUT2D eigenvalue weighted by Gasteiger charge is -2.31. The minimum Gasteiger partial charge on any atom is -0.450 e. The van der Waals surface area contributed by atoms with E-state index in [0.717, 1.165) is 19.3 Å². The Hall–Kier alpha value is -1.89. The fraction of sp³-hybridized carbons (Fsp3) is 0.684. The molecule has 26 heavy (non-hydrogen) atoms. The number of hydrogen-bond donors (Lipinski definition) is 1. The molecule has 1 aliphatic heterocycles. The molecule has 1 heterocycles. The second kappa shape index (κ2) is 11.0. The van der Waals surface area contributed by atoms with Crippen molar-refractivity contribution in [3.8, 4) is 0 Å². The number of unbranched alkanes of at least 4 members (excludes halogenated alkanes) is 5. The molecule has 1 fully saturated rings. The van der Waals surface area contributed by atoms with Gasteiger partial charge in [0.05, 0.1) is 25.5 Å². The van der Waals surface area contributed by atoms with Crippen LogP contribution in [0.15, 0.2) is 23.7 Å². The van der Waals surface area contributed by atoms with E-state index in [9.17, 15) is 14.0 Å². The van der Waals surface area contributed by atoms with Gasteiger partial charge in [0.15, 0.2) is 5.83 Å². The second-order valence-electron chi connectivity index (χ2n) is 6.55. The highest BCUT2D eigenvalue weighted by atomic mass is 19.1. The number of amides is 1. The van der Waals surface area contributed by atoms with Gasteiger partial charge in [-0.15, -0.1) is 0 Å². The van der Waals surface area contributed by atoms with Crippen molar-refractivity contribution < 1.29 is 23.5 Å². The van der Waals surface area contributed by atoms with Gasteiger partial charge in [0.1, 0.15) is 6.04 Å². The first kappa shape index (κ1) is 20.4. The zero-order chi connectivity index (χ0) is 18.8. The van der Waals surface area contributed by atoms with Crippen LogP contribution in [0.2, 0.25) is 0 Å². The Bertz CT molecular complexity index is 542. The van der Waals surface area contributed by atoms with Gasteiger partial charge in [0.25, 0.3) is 0 Å². The van der Waals surface area contributed by atoms with Gasteiger partial charge >= 0.3 is 6.09 Å². The second-order valence-corrected chi connectivity index (χ2v) is 6.55. The largest absolute Gasteiger partial charge is 0.450 e. The van der Waals surface area contributed by atoms with Gasteiger partial charge < -0.3 is 19.7 Å². The summed E-state index contributed by atoms with van der Waals surface area (Å²) in [5.74, 6) is -1.57. The van der Waals surface area contributed by atoms with E-state index in [2.05, 4.69) is 12.2 Å². The number of halogens is 1. The number of ether oxygens (including phenoxy) is 2. The first-order valence-corrected chi connectivity index (χ1v) is 9.51. The number of nitrogens with one attached hydrogen (secondary N) is 1. The minimum absolute atomic E-state index is 0.261. The van der Waals surface area contributed by atoms with Crippen LogP contribution in [0.25, 0.3) is 0 Å². The predicted octanol–water partition coefficient (Wildman–Crippen LogP) is 3.09. The fourth-order valence-corrected chi connectivity index (χ4v) is 2.99. The molecule has 1 atom stereocenters. The highest BCUT2D eigenvalue weighted by Crippen LogP contribution is 2.22. The third kappa shape index (κ3) is 6.12. The Kier molecular flexibility index (Phi) is 8.61. The molecule has 6 nitrogen and oxygen atoms in total. The number of rotatable bonds is 9. The van der Waals surface area contributed by atoms with Crippen molar-refractivity contribution in [2.24, 2.45) is 0 Å². The molecular weight excluding hydrogens is 339 g/mol. The monoisotopic (exact) mass is 368 g/mol. The lowest BCUT2D eigenvalue weighted by Crippen LogP contribution is -2.43. The van der Waals surface area contributed by atoms with Gasteiger partial charge in [0, 0.05) is 13.1 Å². The summed E-state index contributed by atoms with van der Waals surface area (Å²) in [6, 6.07) is -1.02. The van der Waals surface area contributed by atoms with E-state index in [1.54, 1.807) is 11.0 Å². The first-order valence-electron chi connectivity index (χ1n) is 9.51.